The Morgan fingerprint density at radius 2 is 0.433 bits per heavy atom. The molecule has 30 aromatic rings. The molecule has 0 spiro atoms. The molecule has 0 saturated heterocycles. The molecule has 756 valence electrons. The van der Waals surface area contributed by atoms with Gasteiger partial charge < -0.3 is 141 Å². The first-order valence-electron chi connectivity index (χ1n) is 45.4. The molecule has 0 unspecified atom stereocenters. The maximum Gasteiger partial charge on any atom is 2.00 e. The van der Waals surface area contributed by atoms with Gasteiger partial charge in [-0.1, -0.05) is 195 Å². The minimum absolute atomic E-state index is 0. The van der Waals surface area contributed by atoms with Crippen LogP contribution in [0.25, 0.3) is 268 Å². The van der Waals surface area contributed by atoms with Crippen molar-refractivity contribution in [2.24, 2.45) is 84.6 Å². The maximum atomic E-state index is 5.77. The number of aryl methyl sites for hydroxylation is 12. The second-order valence-corrected chi connectivity index (χ2v) is 35.1. The van der Waals surface area contributed by atoms with E-state index in [1.165, 1.54) is 0 Å². The third kappa shape index (κ3) is 18.0. The Morgan fingerprint density at radius 3 is 0.607 bits per heavy atom. The van der Waals surface area contributed by atoms with E-state index in [9.17, 15) is 0 Å². The molecule has 0 aliphatic rings. The Hall–Kier alpha value is -15.6. The fourth-order valence-corrected chi connectivity index (χ4v) is 18.6. The molecule has 24 heterocycles. The molecule has 0 fully saturated rings. The molecule has 42 heteroatoms. The summed E-state index contributed by atoms with van der Waals surface area (Å²) < 4.78 is 57.2. The largest absolute Gasteiger partial charge is 2.00 e. The van der Waals surface area contributed by atoms with Crippen molar-refractivity contribution in [3.8, 4) is 137 Å². The first-order chi connectivity index (χ1) is 70.3. The van der Waals surface area contributed by atoms with Gasteiger partial charge >= 0.3 is 126 Å². The Bertz CT molecular complexity index is 8620. The molecule has 0 amide bonds. The summed E-state index contributed by atoms with van der Waals surface area (Å²) in [5.41, 5.74) is 21.8. The topological polar surface area (TPSA) is 377 Å². The van der Waals surface area contributed by atoms with Crippen molar-refractivity contribution in [3.05, 3.63) is 296 Å². The number of aromatic nitrogens is 30. The number of furan rings is 6. The summed E-state index contributed by atoms with van der Waals surface area (Å²) in [6.45, 7) is 0. The number of para-hydroxylation sites is 6. The van der Waals surface area contributed by atoms with Crippen molar-refractivity contribution in [1.29, 1.82) is 0 Å². The number of fused-ring (bicyclic) bond motifs is 18. The molecule has 150 heavy (non-hydrogen) atoms. The van der Waals surface area contributed by atoms with Crippen molar-refractivity contribution in [2.45, 2.75) is 0 Å². The summed E-state index contributed by atoms with van der Waals surface area (Å²) in [7, 11) is 23.1. The number of nitrogens with zero attached hydrogens (tertiary/aromatic N) is 30. The van der Waals surface area contributed by atoms with E-state index < -0.39 is 0 Å². The SMILES string of the molecule is Cn1[c-]nc(-c2cccc3c2[n-]c2c(-c4nccn4C)occ23)c1.Cn1[c-]nc(-c2cccc3c2[n-]c2c(-c4nccn4C)occ23)c1.Cn1[c-]nc(-c2cccc3c2[n-]c2c(-c4nccn4C)occ23)c1.Cn1cnc(-c2cccc3c2[n-]c2c(-c4n[c-]cn4C)occ23)c1.Cn1cnc(-c2cccc3c2[n-]c2c(-c4n[c-]cn4C)occ23)c1.Cn1cnc(-c2cccc3c2[n-]c2c(-c4n[c-]cn4C)occ23)c1.[Pt+2].[Pt+2].[Pt+2].[Pt+2].[Pt+2].[Pt+2]. The summed E-state index contributed by atoms with van der Waals surface area (Å²) in [5.74, 6) is 8.49. The van der Waals surface area contributed by atoms with E-state index in [-0.39, 0.29) is 126 Å². The normalized spacial score (nSPS) is 11.3. The van der Waals surface area contributed by atoms with Crippen molar-refractivity contribution >= 4 is 131 Å². The van der Waals surface area contributed by atoms with E-state index in [1.807, 2.05) is 268 Å². The Balaban J connectivity index is 0.000000112. The van der Waals surface area contributed by atoms with Crippen molar-refractivity contribution < 1.29 is 153 Å². The van der Waals surface area contributed by atoms with Gasteiger partial charge in [0.15, 0.2) is 34.8 Å². The zero-order valence-electron chi connectivity index (χ0n) is 81.0. The van der Waals surface area contributed by atoms with E-state index in [2.05, 4.69) is 134 Å². The monoisotopic (exact) mass is 3060 g/mol. The molecule has 0 aliphatic heterocycles. The van der Waals surface area contributed by atoms with Gasteiger partial charge in [0.25, 0.3) is 0 Å². The van der Waals surface area contributed by atoms with Crippen LogP contribution < -0.4 is 29.9 Å². The molecule has 0 radical (unpaired) electrons. The molecular formula is C108H78N30O6Pt6. The molecular weight excluding hydrogens is 2980 g/mol. The van der Waals surface area contributed by atoms with Crippen LogP contribution >= 0.6 is 0 Å². The first kappa shape index (κ1) is 103. The van der Waals surface area contributed by atoms with E-state index in [0.29, 0.717) is 52.0 Å². The van der Waals surface area contributed by atoms with Gasteiger partial charge in [0, 0.05) is 167 Å². The second kappa shape index (κ2) is 41.9. The van der Waals surface area contributed by atoms with E-state index >= 15 is 0 Å². The van der Waals surface area contributed by atoms with Crippen molar-refractivity contribution in [2.75, 3.05) is 0 Å². The standard InChI is InChI=1S/6C18H13N5O.6Pt/c6*1-22-8-14(20-10-22)12-5-3-4-11-13-9-24-17(16(13)21-15(11)12)18-19-6-7-23(18)2;;;;;;/h3*3-5,7-10H,1-2H3;3*3-9H,1-2H3;;;;;;/q6*-2;6*+2. The summed E-state index contributed by atoms with van der Waals surface area (Å²) >= 11 is 0. The minimum atomic E-state index is 0. The third-order valence-electron chi connectivity index (χ3n) is 25.5. The van der Waals surface area contributed by atoms with Crippen LogP contribution in [0, 0.1) is 37.6 Å². The first-order valence-corrected chi connectivity index (χ1v) is 45.4. The fourth-order valence-electron chi connectivity index (χ4n) is 18.6. The zero-order chi connectivity index (χ0) is 97.6. The van der Waals surface area contributed by atoms with Gasteiger partial charge in [0.1, 0.15) is 0 Å². The van der Waals surface area contributed by atoms with Crippen LogP contribution in [0.15, 0.2) is 285 Å². The Kier molecular flexibility index (Phi) is 28.8. The summed E-state index contributed by atoms with van der Waals surface area (Å²) in [6, 6.07) is 36.7. The van der Waals surface area contributed by atoms with Crippen LogP contribution in [0.4, 0.5) is 0 Å². The molecule has 0 atom stereocenters. The van der Waals surface area contributed by atoms with Gasteiger partial charge in [-0.15, -0.1) is 70.3 Å². The molecule has 36 nitrogen and oxygen atoms in total. The summed E-state index contributed by atoms with van der Waals surface area (Å²) in [5, 5.41) is 12.3. The van der Waals surface area contributed by atoms with Crippen molar-refractivity contribution in [1.82, 2.24) is 145 Å². The number of hydrogen-bond acceptors (Lipinski definition) is 18. The van der Waals surface area contributed by atoms with Crippen LogP contribution in [-0.2, 0) is 211 Å². The Morgan fingerprint density at radius 1 is 0.220 bits per heavy atom. The minimum Gasteiger partial charge on any atom is -0.654 e. The number of imidazole rings is 12. The predicted molar refractivity (Wildman–Crippen MR) is 542 cm³/mol. The molecule has 6 aromatic carbocycles. The summed E-state index contributed by atoms with van der Waals surface area (Å²) in [4.78, 5) is 81.3. The quantitative estimate of drug-likeness (QED) is 0.103. The molecule has 0 bridgehead atoms. The molecule has 0 saturated carbocycles. The van der Waals surface area contributed by atoms with E-state index in [4.69, 9.17) is 56.4 Å². The van der Waals surface area contributed by atoms with Gasteiger partial charge in [-0.3, -0.25) is 0 Å². The van der Waals surface area contributed by atoms with Crippen LogP contribution in [0.3, 0.4) is 0 Å². The smallest absolute Gasteiger partial charge is 0.654 e. The van der Waals surface area contributed by atoms with Crippen molar-refractivity contribution in [3.63, 3.8) is 0 Å². The van der Waals surface area contributed by atoms with Gasteiger partial charge in [0.2, 0.25) is 0 Å². The maximum absolute atomic E-state index is 5.77. The number of benzene rings is 6. The van der Waals surface area contributed by atoms with Gasteiger partial charge in [-0.2, -0.15) is 0 Å². The van der Waals surface area contributed by atoms with E-state index in [1.54, 1.807) is 93.7 Å². The second-order valence-electron chi connectivity index (χ2n) is 35.1. The number of hydrogen-bond donors (Lipinski definition) is 0. The van der Waals surface area contributed by atoms with Gasteiger partial charge in [-0.05, 0) is 91.3 Å². The van der Waals surface area contributed by atoms with Crippen LogP contribution in [0.2, 0.25) is 0 Å². The fraction of sp³-hybridized carbons (Fsp3) is 0.111. The zero-order valence-corrected chi connectivity index (χ0v) is 94.6. The van der Waals surface area contributed by atoms with Crippen LogP contribution in [0.5, 0.6) is 0 Å². The van der Waals surface area contributed by atoms with Crippen LogP contribution in [-0.4, -0.2) is 115 Å². The molecule has 30 rings (SSSR count). The summed E-state index contributed by atoms with van der Waals surface area (Å²) in [6.07, 6.45) is 61.2. The number of rotatable bonds is 12. The average molecular weight is 3060 g/mol. The molecule has 24 aromatic heterocycles. The van der Waals surface area contributed by atoms with Crippen LogP contribution in [0.1, 0.15) is 0 Å². The van der Waals surface area contributed by atoms with Gasteiger partial charge in [-0.25, -0.2) is 29.9 Å². The average Bonchev–Trinajstić information content (AvgIpc) is 1.61. The van der Waals surface area contributed by atoms with E-state index in [0.717, 1.165) is 216 Å². The molecule has 0 aliphatic carbocycles. The van der Waals surface area contributed by atoms with Gasteiger partial charge in [0.05, 0.1) is 90.9 Å². The third-order valence-corrected chi connectivity index (χ3v) is 25.5. The predicted octanol–water partition coefficient (Wildman–Crippen LogP) is 18.9. The molecule has 0 N–H and O–H groups in total. The Labute approximate surface area is 937 Å².